The van der Waals surface area contributed by atoms with Gasteiger partial charge in [-0.3, -0.25) is 0 Å². The van der Waals surface area contributed by atoms with Crippen LogP contribution in [0, 0.1) is 11.3 Å². The fourth-order valence-electron chi connectivity index (χ4n) is 2.11. The Balaban J connectivity index is 2.09. The standard InChI is InChI=1S/C13H13N3O/c14-10-13(15-11-17)6-8-16(9-7-13)12-4-2-1-3-5-12/h1-5H,6-9H2. The van der Waals surface area contributed by atoms with Crippen LogP contribution in [-0.2, 0) is 4.79 Å². The molecule has 4 nitrogen and oxygen atoms in total. The second-order valence-electron chi connectivity index (χ2n) is 4.17. The Morgan fingerprint density at radius 1 is 1.24 bits per heavy atom. The molecule has 17 heavy (non-hydrogen) atoms. The molecule has 2 rings (SSSR count). The number of para-hydroxylation sites is 1. The number of benzene rings is 1. The lowest BCUT2D eigenvalue weighted by Crippen LogP contribution is -2.42. The normalized spacial score (nSPS) is 17.9. The summed E-state index contributed by atoms with van der Waals surface area (Å²) >= 11 is 0. The van der Waals surface area contributed by atoms with Crippen molar-refractivity contribution in [3.63, 3.8) is 0 Å². The number of hydrogen-bond acceptors (Lipinski definition) is 4. The van der Waals surface area contributed by atoms with Crippen molar-refractivity contribution in [1.29, 1.82) is 5.26 Å². The summed E-state index contributed by atoms with van der Waals surface area (Å²) < 4.78 is 0. The van der Waals surface area contributed by atoms with E-state index in [4.69, 9.17) is 5.26 Å². The first-order valence-corrected chi connectivity index (χ1v) is 5.60. The third-order valence-corrected chi connectivity index (χ3v) is 3.18. The van der Waals surface area contributed by atoms with Crippen molar-refractivity contribution >= 4 is 11.8 Å². The largest absolute Gasteiger partial charge is 0.371 e. The number of aliphatic imine (C=N–C) groups is 1. The number of anilines is 1. The van der Waals surface area contributed by atoms with Gasteiger partial charge in [0.2, 0.25) is 6.08 Å². The average molecular weight is 227 g/mol. The Labute approximate surface area is 100 Å². The van der Waals surface area contributed by atoms with Crippen molar-refractivity contribution in [2.24, 2.45) is 4.99 Å². The maximum atomic E-state index is 10.3. The summed E-state index contributed by atoms with van der Waals surface area (Å²) in [6.45, 7) is 1.48. The molecule has 0 aliphatic carbocycles. The zero-order valence-electron chi connectivity index (χ0n) is 9.47. The molecule has 1 aliphatic rings. The molecule has 1 saturated heterocycles. The molecule has 0 atom stereocenters. The summed E-state index contributed by atoms with van der Waals surface area (Å²) in [6.07, 6.45) is 2.67. The van der Waals surface area contributed by atoms with E-state index in [0.717, 1.165) is 18.8 Å². The zero-order valence-corrected chi connectivity index (χ0v) is 9.47. The number of rotatable bonds is 2. The van der Waals surface area contributed by atoms with E-state index in [0.29, 0.717) is 12.8 Å². The molecule has 0 spiro atoms. The lowest BCUT2D eigenvalue weighted by Gasteiger charge is -2.35. The van der Waals surface area contributed by atoms with Crippen molar-refractivity contribution in [2.75, 3.05) is 18.0 Å². The van der Waals surface area contributed by atoms with Crippen molar-refractivity contribution < 1.29 is 4.79 Å². The van der Waals surface area contributed by atoms with Gasteiger partial charge in [-0.2, -0.15) is 10.3 Å². The minimum absolute atomic E-state index is 0.577. The highest BCUT2D eigenvalue weighted by molar-refractivity contribution is 5.47. The SMILES string of the molecule is N#CC1(N=C=O)CCN(c2ccccc2)CC1. The van der Waals surface area contributed by atoms with Crippen LogP contribution in [0.15, 0.2) is 35.3 Å². The highest BCUT2D eigenvalue weighted by atomic mass is 16.1. The molecule has 1 aliphatic heterocycles. The van der Waals surface area contributed by atoms with Gasteiger partial charge in [0.1, 0.15) is 0 Å². The topological polar surface area (TPSA) is 56.5 Å². The lowest BCUT2D eigenvalue weighted by atomic mass is 9.89. The molecule has 86 valence electrons. The van der Waals surface area contributed by atoms with Crippen molar-refractivity contribution in [3.05, 3.63) is 30.3 Å². The minimum atomic E-state index is -0.854. The van der Waals surface area contributed by atoms with E-state index in [1.165, 1.54) is 6.08 Å². The van der Waals surface area contributed by atoms with Gasteiger partial charge in [0, 0.05) is 31.6 Å². The smallest absolute Gasteiger partial charge is 0.236 e. The molecule has 0 saturated carbocycles. The van der Waals surface area contributed by atoms with Crippen LogP contribution in [0.3, 0.4) is 0 Å². The fraction of sp³-hybridized carbons (Fsp3) is 0.385. The molecule has 1 heterocycles. The zero-order chi connectivity index (χ0) is 12.1. The molecular formula is C13H13N3O. The van der Waals surface area contributed by atoms with Gasteiger partial charge >= 0.3 is 0 Å². The molecule has 0 unspecified atom stereocenters. The number of piperidine rings is 1. The lowest BCUT2D eigenvalue weighted by molar-refractivity contribution is 0.414. The van der Waals surface area contributed by atoms with Gasteiger partial charge < -0.3 is 4.90 Å². The van der Waals surface area contributed by atoms with Crippen LogP contribution in [0.25, 0.3) is 0 Å². The molecule has 0 radical (unpaired) electrons. The Kier molecular flexibility index (Phi) is 3.22. The number of hydrogen-bond donors (Lipinski definition) is 0. The van der Waals surface area contributed by atoms with E-state index in [9.17, 15) is 4.79 Å². The van der Waals surface area contributed by atoms with Gasteiger partial charge in [-0.25, -0.2) is 4.79 Å². The van der Waals surface area contributed by atoms with Gasteiger partial charge in [0.25, 0.3) is 0 Å². The summed E-state index contributed by atoms with van der Waals surface area (Å²) in [5, 5.41) is 9.09. The Hall–Kier alpha value is -2.11. The molecule has 1 aromatic rings. The van der Waals surface area contributed by atoms with Gasteiger partial charge in [-0.1, -0.05) is 18.2 Å². The van der Waals surface area contributed by atoms with Crippen LogP contribution in [0.4, 0.5) is 5.69 Å². The van der Waals surface area contributed by atoms with Crippen LogP contribution in [-0.4, -0.2) is 24.7 Å². The van der Waals surface area contributed by atoms with Crippen molar-refractivity contribution in [1.82, 2.24) is 0 Å². The van der Waals surface area contributed by atoms with E-state index in [2.05, 4.69) is 16.0 Å². The van der Waals surface area contributed by atoms with Gasteiger partial charge in [-0.15, -0.1) is 0 Å². The van der Waals surface area contributed by atoms with Crippen LogP contribution >= 0.6 is 0 Å². The van der Waals surface area contributed by atoms with Crippen LogP contribution in [0.1, 0.15) is 12.8 Å². The number of nitriles is 1. The molecule has 4 heteroatoms. The first-order valence-electron chi connectivity index (χ1n) is 5.60. The highest BCUT2D eigenvalue weighted by Gasteiger charge is 2.34. The van der Waals surface area contributed by atoms with Crippen LogP contribution < -0.4 is 4.90 Å². The molecule has 0 bridgehead atoms. The summed E-state index contributed by atoms with van der Waals surface area (Å²) in [6, 6.07) is 12.2. The fourth-order valence-corrected chi connectivity index (χ4v) is 2.11. The predicted molar refractivity (Wildman–Crippen MR) is 64.4 cm³/mol. The first-order chi connectivity index (χ1) is 8.29. The maximum Gasteiger partial charge on any atom is 0.236 e. The summed E-state index contributed by atoms with van der Waals surface area (Å²) in [5.41, 5.74) is 0.293. The maximum absolute atomic E-state index is 10.3. The van der Waals surface area contributed by atoms with Crippen LogP contribution in [0.5, 0.6) is 0 Å². The number of nitrogens with zero attached hydrogens (tertiary/aromatic N) is 3. The Morgan fingerprint density at radius 3 is 2.41 bits per heavy atom. The predicted octanol–water partition coefficient (Wildman–Crippen LogP) is 1.88. The molecule has 1 aromatic carbocycles. The molecule has 0 N–H and O–H groups in total. The first kappa shape index (κ1) is 11.4. The highest BCUT2D eigenvalue weighted by Crippen LogP contribution is 2.28. The third-order valence-electron chi connectivity index (χ3n) is 3.18. The van der Waals surface area contributed by atoms with E-state index >= 15 is 0 Å². The molecular weight excluding hydrogens is 214 g/mol. The third kappa shape index (κ3) is 2.35. The van der Waals surface area contributed by atoms with E-state index in [1.807, 2.05) is 30.3 Å². The molecule has 0 amide bonds. The minimum Gasteiger partial charge on any atom is -0.371 e. The Bertz CT molecular complexity index is 463. The van der Waals surface area contributed by atoms with E-state index in [-0.39, 0.29) is 0 Å². The summed E-state index contributed by atoms with van der Waals surface area (Å²) in [4.78, 5) is 16.2. The second kappa shape index (κ2) is 4.82. The van der Waals surface area contributed by atoms with E-state index in [1.54, 1.807) is 0 Å². The molecule has 0 aromatic heterocycles. The molecule has 1 fully saturated rings. The number of isocyanates is 1. The van der Waals surface area contributed by atoms with E-state index < -0.39 is 5.54 Å². The Morgan fingerprint density at radius 2 is 1.88 bits per heavy atom. The quantitative estimate of drug-likeness (QED) is 0.572. The van der Waals surface area contributed by atoms with Crippen LogP contribution in [0.2, 0.25) is 0 Å². The number of carbonyl (C=O) groups excluding carboxylic acids is 1. The van der Waals surface area contributed by atoms with Gasteiger partial charge in [0.15, 0.2) is 5.54 Å². The average Bonchev–Trinajstić information content (AvgIpc) is 2.41. The summed E-state index contributed by atoms with van der Waals surface area (Å²) in [7, 11) is 0. The van der Waals surface area contributed by atoms with Gasteiger partial charge in [0.05, 0.1) is 6.07 Å². The van der Waals surface area contributed by atoms with Crippen molar-refractivity contribution in [2.45, 2.75) is 18.4 Å². The monoisotopic (exact) mass is 227 g/mol. The second-order valence-corrected chi connectivity index (χ2v) is 4.17. The summed E-state index contributed by atoms with van der Waals surface area (Å²) in [5.74, 6) is 0. The van der Waals surface area contributed by atoms with Crippen molar-refractivity contribution in [3.8, 4) is 6.07 Å². The van der Waals surface area contributed by atoms with Gasteiger partial charge in [-0.05, 0) is 12.1 Å².